The maximum absolute atomic E-state index is 9.82. The molecule has 0 spiro atoms. The van der Waals surface area contributed by atoms with E-state index in [0.717, 1.165) is 0 Å². The summed E-state index contributed by atoms with van der Waals surface area (Å²) in [6.07, 6.45) is -4.85. The smallest absolute Gasteiger partial charge is 0.162 e. The van der Waals surface area contributed by atoms with Gasteiger partial charge in [0.15, 0.2) is 6.23 Å². The molecule has 0 bridgehead atoms. The molecule has 1 saturated heterocycles. The van der Waals surface area contributed by atoms with Gasteiger partial charge in [0.05, 0.1) is 13.2 Å². The topological polar surface area (TPSA) is 82.4 Å². The van der Waals surface area contributed by atoms with Crippen molar-refractivity contribution in [2.24, 2.45) is 0 Å². The van der Waals surface area contributed by atoms with Crippen LogP contribution in [0.3, 0.4) is 0 Å². The summed E-state index contributed by atoms with van der Waals surface area (Å²) in [4.78, 5) is 5.11. The maximum atomic E-state index is 9.82. The minimum absolute atomic E-state index is 0.0145. The molecule has 0 aromatic heterocycles. The number of ether oxygens (including phenoxy) is 1. The van der Waals surface area contributed by atoms with E-state index in [1.54, 1.807) is 6.92 Å². The summed E-state index contributed by atoms with van der Waals surface area (Å²) in [6.45, 7) is 5.39. The van der Waals surface area contributed by atoms with E-state index in [0.29, 0.717) is 0 Å². The van der Waals surface area contributed by atoms with Gasteiger partial charge in [-0.3, -0.25) is 4.84 Å². The minimum atomic E-state index is -1.23. The normalized spacial score (nSPS) is 40.7. The SMILES string of the molecule is CON(C(C)C)C1OC(C)[C@@H](O)[C@H](O)C1O. The zero-order valence-corrected chi connectivity index (χ0v) is 10.1. The molecule has 3 unspecified atom stereocenters. The first-order valence-corrected chi connectivity index (χ1v) is 5.42. The number of aliphatic hydroxyl groups is 3. The molecule has 0 radical (unpaired) electrons. The molecule has 1 fully saturated rings. The third-order valence-electron chi connectivity index (χ3n) is 2.80. The van der Waals surface area contributed by atoms with Gasteiger partial charge >= 0.3 is 0 Å². The molecular weight excluding hydrogens is 214 g/mol. The zero-order chi connectivity index (χ0) is 12.5. The van der Waals surface area contributed by atoms with Gasteiger partial charge in [0.2, 0.25) is 0 Å². The molecule has 0 aromatic rings. The van der Waals surface area contributed by atoms with E-state index in [1.165, 1.54) is 12.2 Å². The van der Waals surface area contributed by atoms with E-state index in [9.17, 15) is 15.3 Å². The van der Waals surface area contributed by atoms with Gasteiger partial charge in [-0.05, 0) is 20.8 Å². The van der Waals surface area contributed by atoms with E-state index in [4.69, 9.17) is 9.57 Å². The van der Waals surface area contributed by atoms with E-state index >= 15 is 0 Å². The lowest BCUT2D eigenvalue weighted by Crippen LogP contribution is -2.62. The summed E-state index contributed by atoms with van der Waals surface area (Å²) in [6, 6.07) is -0.0145. The largest absolute Gasteiger partial charge is 0.388 e. The monoisotopic (exact) mass is 235 g/mol. The number of nitrogens with zero attached hydrogens (tertiary/aromatic N) is 1. The summed E-state index contributed by atoms with van der Waals surface area (Å²) in [5.41, 5.74) is 0. The molecule has 16 heavy (non-hydrogen) atoms. The van der Waals surface area contributed by atoms with Crippen LogP contribution in [-0.2, 0) is 9.57 Å². The van der Waals surface area contributed by atoms with Crippen molar-refractivity contribution in [3.05, 3.63) is 0 Å². The average Bonchev–Trinajstić information content (AvgIpc) is 2.23. The van der Waals surface area contributed by atoms with Crippen molar-refractivity contribution in [1.29, 1.82) is 0 Å². The molecule has 96 valence electrons. The average molecular weight is 235 g/mol. The van der Waals surface area contributed by atoms with Crippen LogP contribution in [0.4, 0.5) is 0 Å². The zero-order valence-electron chi connectivity index (χ0n) is 10.1. The van der Waals surface area contributed by atoms with Crippen molar-refractivity contribution in [1.82, 2.24) is 5.06 Å². The van der Waals surface area contributed by atoms with Crippen LogP contribution in [0.25, 0.3) is 0 Å². The Morgan fingerprint density at radius 1 is 1.12 bits per heavy atom. The Labute approximate surface area is 95.3 Å². The van der Waals surface area contributed by atoms with E-state index in [-0.39, 0.29) is 6.04 Å². The van der Waals surface area contributed by atoms with Crippen LogP contribution in [0.15, 0.2) is 0 Å². The number of hydrogen-bond donors (Lipinski definition) is 3. The van der Waals surface area contributed by atoms with Crippen molar-refractivity contribution in [3.63, 3.8) is 0 Å². The number of hydrogen-bond acceptors (Lipinski definition) is 6. The van der Waals surface area contributed by atoms with Gasteiger partial charge in [-0.15, -0.1) is 0 Å². The van der Waals surface area contributed by atoms with Gasteiger partial charge in [0, 0.05) is 6.04 Å². The summed E-state index contributed by atoms with van der Waals surface area (Å²) in [7, 11) is 1.47. The molecule has 1 aliphatic rings. The van der Waals surface area contributed by atoms with Crippen LogP contribution in [0, 0.1) is 0 Å². The summed E-state index contributed by atoms with van der Waals surface area (Å²) in [5.74, 6) is 0. The lowest BCUT2D eigenvalue weighted by Gasteiger charge is -2.44. The lowest BCUT2D eigenvalue weighted by molar-refractivity contribution is -0.331. The highest BCUT2D eigenvalue weighted by Gasteiger charge is 2.45. The predicted molar refractivity (Wildman–Crippen MR) is 56.3 cm³/mol. The Kier molecular flexibility index (Phi) is 4.66. The third kappa shape index (κ3) is 2.53. The first kappa shape index (κ1) is 13.8. The fourth-order valence-corrected chi connectivity index (χ4v) is 1.85. The maximum Gasteiger partial charge on any atom is 0.162 e. The van der Waals surface area contributed by atoms with Crippen molar-refractivity contribution in [3.8, 4) is 0 Å². The van der Waals surface area contributed by atoms with Crippen LogP contribution in [0.2, 0.25) is 0 Å². The van der Waals surface area contributed by atoms with Crippen LogP contribution in [0.1, 0.15) is 20.8 Å². The van der Waals surface area contributed by atoms with Gasteiger partial charge in [-0.1, -0.05) is 0 Å². The van der Waals surface area contributed by atoms with E-state index in [2.05, 4.69) is 0 Å². The van der Waals surface area contributed by atoms with Gasteiger partial charge < -0.3 is 20.1 Å². The second kappa shape index (κ2) is 5.39. The van der Waals surface area contributed by atoms with Crippen LogP contribution >= 0.6 is 0 Å². The minimum Gasteiger partial charge on any atom is -0.388 e. The fourth-order valence-electron chi connectivity index (χ4n) is 1.85. The van der Waals surface area contributed by atoms with Gasteiger partial charge in [-0.2, -0.15) is 5.06 Å². The van der Waals surface area contributed by atoms with Crippen LogP contribution in [-0.4, -0.2) is 64.2 Å². The fraction of sp³-hybridized carbons (Fsp3) is 1.00. The van der Waals surface area contributed by atoms with Crippen molar-refractivity contribution >= 4 is 0 Å². The van der Waals surface area contributed by atoms with Gasteiger partial charge in [0.25, 0.3) is 0 Å². The summed E-state index contributed by atoms with van der Waals surface area (Å²) < 4.78 is 5.44. The highest BCUT2D eigenvalue weighted by atomic mass is 16.7. The van der Waals surface area contributed by atoms with Crippen LogP contribution < -0.4 is 0 Å². The highest BCUT2D eigenvalue weighted by molar-refractivity contribution is 4.89. The molecule has 5 atom stereocenters. The van der Waals surface area contributed by atoms with Crippen molar-refractivity contribution in [2.75, 3.05) is 7.11 Å². The lowest BCUT2D eigenvalue weighted by atomic mass is 9.98. The summed E-state index contributed by atoms with van der Waals surface area (Å²) >= 11 is 0. The number of aliphatic hydroxyl groups excluding tert-OH is 3. The molecule has 1 heterocycles. The first-order chi connectivity index (χ1) is 7.40. The number of rotatable bonds is 3. The van der Waals surface area contributed by atoms with Crippen LogP contribution in [0.5, 0.6) is 0 Å². The quantitative estimate of drug-likeness (QED) is 0.549. The number of hydroxylamine groups is 2. The molecule has 3 N–H and O–H groups in total. The molecule has 6 heteroatoms. The second-order valence-electron chi connectivity index (χ2n) is 4.34. The Bertz CT molecular complexity index is 225. The Morgan fingerprint density at radius 3 is 2.12 bits per heavy atom. The van der Waals surface area contributed by atoms with E-state index < -0.39 is 30.6 Å². The summed E-state index contributed by atoms with van der Waals surface area (Å²) in [5, 5.41) is 30.5. The molecule has 0 amide bonds. The van der Waals surface area contributed by atoms with Crippen molar-refractivity contribution in [2.45, 2.75) is 57.5 Å². The molecule has 1 rings (SSSR count). The standard InChI is InChI=1S/C10H21NO5/c1-5(2)11(15-4)10-9(14)8(13)7(12)6(3)16-10/h5-10,12-14H,1-4H3/t6?,7-,8+,9?,10?/m1/s1. The first-order valence-electron chi connectivity index (χ1n) is 5.42. The van der Waals surface area contributed by atoms with E-state index in [1.807, 2.05) is 13.8 Å². The highest BCUT2D eigenvalue weighted by Crippen LogP contribution is 2.24. The molecule has 1 aliphatic heterocycles. The third-order valence-corrected chi connectivity index (χ3v) is 2.80. The Balaban J connectivity index is 2.80. The molecule has 0 saturated carbocycles. The second-order valence-corrected chi connectivity index (χ2v) is 4.34. The molecule has 0 aromatic carbocycles. The Morgan fingerprint density at radius 2 is 1.69 bits per heavy atom. The molecule has 6 nitrogen and oxygen atoms in total. The van der Waals surface area contributed by atoms with Gasteiger partial charge in [0.1, 0.15) is 18.3 Å². The Hall–Kier alpha value is -0.240. The molecular formula is C10H21NO5. The van der Waals surface area contributed by atoms with Crippen molar-refractivity contribution < 1.29 is 24.9 Å². The predicted octanol–water partition coefficient (Wildman–Crippen LogP) is -0.914. The van der Waals surface area contributed by atoms with Gasteiger partial charge in [-0.25, -0.2) is 0 Å². The molecule has 0 aliphatic carbocycles.